The lowest BCUT2D eigenvalue weighted by molar-refractivity contribution is 0.499. The topological polar surface area (TPSA) is 12.0 Å². The fourth-order valence-corrected chi connectivity index (χ4v) is 2.61. The summed E-state index contributed by atoms with van der Waals surface area (Å²) in [6.07, 6.45) is 1.27. The summed E-state index contributed by atoms with van der Waals surface area (Å²) in [6.45, 7) is 7.77. The molecular formula is C14H20ClN. The minimum atomic E-state index is 0.329. The normalized spacial score (nSPS) is 28.4. The molecule has 0 aliphatic heterocycles. The van der Waals surface area contributed by atoms with Crippen LogP contribution in [-0.2, 0) is 5.41 Å². The van der Waals surface area contributed by atoms with E-state index in [9.17, 15) is 0 Å². The zero-order chi connectivity index (χ0) is 11.8. The molecule has 1 aromatic rings. The maximum atomic E-state index is 6.07. The van der Waals surface area contributed by atoms with Crippen molar-refractivity contribution >= 4 is 11.6 Å². The molecule has 1 fully saturated rings. The lowest BCUT2D eigenvalue weighted by atomic mass is 9.93. The lowest BCUT2D eigenvalue weighted by Gasteiger charge is -2.20. The van der Waals surface area contributed by atoms with Gasteiger partial charge in [-0.05, 0) is 30.0 Å². The summed E-state index contributed by atoms with van der Waals surface area (Å²) >= 11 is 6.07. The van der Waals surface area contributed by atoms with Crippen molar-refractivity contribution in [2.45, 2.75) is 38.6 Å². The molecule has 0 heterocycles. The van der Waals surface area contributed by atoms with Crippen molar-refractivity contribution in [3.8, 4) is 0 Å². The molecule has 1 saturated carbocycles. The quantitative estimate of drug-likeness (QED) is 0.844. The van der Waals surface area contributed by atoms with Gasteiger partial charge in [-0.1, -0.05) is 44.5 Å². The van der Waals surface area contributed by atoms with E-state index in [1.54, 1.807) is 0 Å². The van der Waals surface area contributed by atoms with Crippen LogP contribution in [-0.4, -0.2) is 12.6 Å². The highest BCUT2D eigenvalue weighted by atomic mass is 35.5. The van der Waals surface area contributed by atoms with Crippen molar-refractivity contribution in [2.24, 2.45) is 5.92 Å². The SMILES string of the molecule is CC(C)NCC1(c2cccc(Cl)c2)CC1C. The van der Waals surface area contributed by atoms with Crippen LogP contribution >= 0.6 is 11.6 Å². The van der Waals surface area contributed by atoms with E-state index in [1.807, 2.05) is 6.07 Å². The van der Waals surface area contributed by atoms with Gasteiger partial charge in [0.1, 0.15) is 0 Å². The molecule has 1 aliphatic rings. The second kappa shape index (κ2) is 4.38. The van der Waals surface area contributed by atoms with Crippen LogP contribution in [0.4, 0.5) is 0 Å². The smallest absolute Gasteiger partial charge is 0.0408 e. The highest BCUT2D eigenvalue weighted by Crippen LogP contribution is 2.53. The van der Waals surface area contributed by atoms with Gasteiger partial charge in [-0.25, -0.2) is 0 Å². The summed E-state index contributed by atoms with van der Waals surface area (Å²) in [5, 5.41) is 4.40. The zero-order valence-electron chi connectivity index (χ0n) is 10.3. The highest BCUT2D eigenvalue weighted by molar-refractivity contribution is 6.30. The Morgan fingerprint density at radius 2 is 2.19 bits per heavy atom. The molecule has 0 radical (unpaired) electrons. The highest BCUT2D eigenvalue weighted by Gasteiger charge is 2.51. The number of hydrogen-bond donors (Lipinski definition) is 1. The van der Waals surface area contributed by atoms with Gasteiger partial charge in [-0.15, -0.1) is 0 Å². The molecule has 0 aromatic heterocycles. The van der Waals surface area contributed by atoms with Crippen LogP contribution in [0.3, 0.4) is 0 Å². The van der Waals surface area contributed by atoms with Crippen molar-refractivity contribution in [1.82, 2.24) is 5.32 Å². The second-order valence-corrected chi connectivity index (χ2v) is 5.74. The maximum absolute atomic E-state index is 6.07. The van der Waals surface area contributed by atoms with Crippen LogP contribution in [0, 0.1) is 5.92 Å². The van der Waals surface area contributed by atoms with Crippen LogP contribution < -0.4 is 5.32 Å². The molecule has 1 aliphatic carbocycles. The number of benzene rings is 1. The summed E-state index contributed by atoms with van der Waals surface area (Å²) < 4.78 is 0. The molecule has 0 bridgehead atoms. The molecule has 16 heavy (non-hydrogen) atoms. The number of halogens is 1. The van der Waals surface area contributed by atoms with Gasteiger partial charge in [0.2, 0.25) is 0 Å². The third-order valence-corrected chi connectivity index (χ3v) is 3.91. The Balaban J connectivity index is 2.16. The zero-order valence-corrected chi connectivity index (χ0v) is 11.0. The molecule has 1 aromatic carbocycles. The molecule has 0 spiro atoms. The third-order valence-electron chi connectivity index (χ3n) is 3.68. The van der Waals surface area contributed by atoms with Gasteiger partial charge in [0, 0.05) is 23.0 Å². The third kappa shape index (κ3) is 2.26. The van der Waals surface area contributed by atoms with E-state index < -0.39 is 0 Å². The Kier molecular flexibility index (Phi) is 3.27. The first-order valence-corrected chi connectivity index (χ1v) is 6.42. The molecule has 2 unspecified atom stereocenters. The summed E-state index contributed by atoms with van der Waals surface area (Å²) in [7, 11) is 0. The lowest BCUT2D eigenvalue weighted by Crippen LogP contribution is -2.33. The minimum Gasteiger partial charge on any atom is -0.314 e. The van der Waals surface area contributed by atoms with Crippen molar-refractivity contribution in [2.75, 3.05) is 6.54 Å². The summed E-state index contributed by atoms with van der Waals surface area (Å²) in [4.78, 5) is 0. The van der Waals surface area contributed by atoms with E-state index in [4.69, 9.17) is 11.6 Å². The molecule has 2 atom stereocenters. The van der Waals surface area contributed by atoms with E-state index in [0.717, 1.165) is 17.5 Å². The molecule has 0 saturated heterocycles. The Morgan fingerprint density at radius 3 is 2.69 bits per heavy atom. The number of nitrogens with one attached hydrogen (secondary N) is 1. The maximum Gasteiger partial charge on any atom is 0.0408 e. The summed E-state index contributed by atoms with van der Waals surface area (Å²) in [5.74, 6) is 0.761. The summed E-state index contributed by atoms with van der Waals surface area (Å²) in [5.41, 5.74) is 1.72. The molecule has 0 amide bonds. The number of hydrogen-bond acceptors (Lipinski definition) is 1. The van der Waals surface area contributed by atoms with Gasteiger partial charge in [-0.3, -0.25) is 0 Å². The largest absolute Gasteiger partial charge is 0.314 e. The van der Waals surface area contributed by atoms with Gasteiger partial charge < -0.3 is 5.32 Å². The monoisotopic (exact) mass is 237 g/mol. The standard InChI is InChI=1S/C14H20ClN/c1-10(2)16-9-14(8-11(14)3)12-5-4-6-13(15)7-12/h4-7,10-11,16H,8-9H2,1-3H3. The molecular weight excluding hydrogens is 218 g/mol. The van der Waals surface area contributed by atoms with Gasteiger partial charge in [0.25, 0.3) is 0 Å². The van der Waals surface area contributed by atoms with Crippen molar-refractivity contribution in [3.63, 3.8) is 0 Å². The molecule has 1 nitrogen and oxygen atoms in total. The van der Waals surface area contributed by atoms with Crippen LogP contribution in [0.25, 0.3) is 0 Å². The van der Waals surface area contributed by atoms with E-state index >= 15 is 0 Å². The fourth-order valence-electron chi connectivity index (χ4n) is 2.42. The first kappa shape index (κ1) is 11.9. The Bertz CT molecular complexity index is 375. The molecule has 2 rings (SSSR count). The van der Waals surface area contributed by atoms with E-state index in [-0.39, 0.29) is 0 Å². The van der Waals surface area contributed by atoms with Crippen LogP contribution in [0.5, 0.6) is 0 Å². The molecule has 1 N–H and O–H groups in total. The van der Waals surface area contributed by atoms with E-state index in [1.165, 1.54) is 12.0 Å². The predicted molar refractivity (Wildman–Crippen MR) is 70.0 cm³/mol. The van der Waals surface area contributed by atoms with Crippen molar-refractivity contribution in [1.29, 1.82) is 0 Å². The second-order valence-electron chi connectivity index (χ2n) is 5.31. The van der Waals surface area contributed by atoms with Gasteiger partial charge >= 0.3 is 0 Å². The summed E-state index contributed by atoms with van der Waals surface area (Å²) in [6, 6.07) is 8.87. The van der Waals surface area contributed by atoms with Crippen molar-refractivity contribution in [3.05, 3.63) is 34.9 Å². The van der Waals surface area contributed by atoms with E-state index in [2.05, 4.69) is 44.3 Å². The Hall–Kier alpha value is -0.530. The van der Waals surface area contributed by atoms with Crippen LogP contribution in [0.1, 0.15) is 32.8 Å². The average Bonchev–Trinajstić information content (AvgIpc) is 2.88. The van der Waals surface area contributed by atoms with E-state index in [0.29, 0.717) is 11.5 Å². The molecule has 88 valence electrons. The van der Waals surface area contributed by atoms with Gasteiger partial charge in [-0.2, -0.15) is 0 Å². The van der Waals surface area contributed by atoms with Crippen LogP contribution in [0.15, 0.2) is 24.3 Å². The predicted octanol–water partition coefficient (Wildman–Crippen LogP) is 3.62. The average molecular weight is 238 g/mol. The van der Waals surface area contributed by atoms with Crippen LogP contribution in [0.2, 0.25) is 5.02 Å². The van der Waals surface area contributed by atoms with Gasteiger partial charge in [0.15, 0.2) is 0 Å². The minimum absolute atomic E-state index is 0.329. The Labute approximate surface area is 103 Å². The van der Waals surface area contributed by atoms with Crippen molar-refractivity contribution < 1.29 is 0 Å². The molecule has 2 heteroatoms. The number of rotatable bonds is 4. The fraction of sp³-hybridized carbons (Fsp3) is 0.571. The Morgan fingerprint density at radius 1 is 1.50 bits per heavy atom. The van der Waals surface area contributed by atoms with Gasteiger partial charge in [0.05, 0.1) is 0 Å². The first-order chi connectivity index (χ1) is 7.54. The first-order valence-electron chi connectivity index (χ1n) is 6.04.